The van der Waals surface area contributed by atoms with Crippen LogP contribution in [-0.2, 0) is 4.74 Å². The van der Waals surface area contributed by atoms with Crippen molar-refractivity contribution in [3.05, 3.63) is 57.4 Å². The van der Waals surface area contributed by atoms with Crippen LogP contribution in [0.2, 0.25) is 5.02 Å². The molecule has 1 aliphatic carbocycles. The number of H-pyrrole nitrogens is 1. The van der Waals surface area contributed by atoms with Crippen LogP contribution in [0, 0.1) is 19.8 Å². The number of esters is 1. The summed E-state index contributed by atoms with van der Waals surface area (Å²) >= 11 is 6.23. The molecule has 1 atom stereocenters. The van der Waals surface area contributed by atoms with Gasteiger partial charge >= 0.3 is 5.97 Å². The summed E-state index contributed by atoms with van der Waals surface area (Å²) in [5.41, 5.74) is 2.17. The summed E-state index contributed by atoms with van der Waals surface area (Å²) in [5, 5.41) is 0.361. The number of aryl methyl sites for hydroxylation is 1. The van der Waals surface area contributed by atoms with Crippen LogP contribution in [0.4, 0.5) is 0 Å². The van der Waals surface area contributed by atoms with E-state index in [1.165, 1.54) is 7.11 Å². The van der Waals surface area contributed by atoms with Crippen molar-refractivity contribution in [2.45, 2.75) is 39.7 Å². The molecule has 0 radical (unpaired) electrons. The fraction of sp³-hybridized carbons (Fsp3) is 0.409. The number of ketones is 1. The molecule has 2 aromatic rings. The van der Waals surface area contributed by atoms with Crippen molar-refractivity contribution < 1.29 is 19.1 Å². The molecule has 154 valence electrons. The molecule has 7 heteroatoms. The normalized spacial score (nSPS) is 14.4. The van der Waals surface area contributed by atoms with E-state index in [0.717, 1.165) is 12.8 Å². The van der Waals surface area contributed by atoms with Crippen molar-refractivity contribution in [1.82, 2.24) is 9.88 Å². The van der Waals surface area contributed by atoms with Crippen LogP contribution in [0.3, 0.4) is 0 Å². The number of aromatic nitrogens is 1. The number of amides is 1. The van der Waals surface area contributed by atoms with E-state index in [-0.39, 0.29) is 17.4 Å². The summed E-state index contributed by atoms with van der Waals surface area (Å²) in [6.45, 7) is 5.67. The minimum absolute atomic E-state index is 0.215. The first-order valence-corrected chi connectivity index (χ1v) is 10.0. The Morgan fingerprint density at radius 3 is 2.48 bits per heavy atom. The zero-order valence-corrected chi connectivity index (χ0v) is 17.8. The highest BCUT2D eigenvalue weighted by molar-refractivity contribution is 6.33. The van der Waals surface area contributed by atoms with Gasteiger partial charge in [0.1, 0.15) is 5.69 Å². The van der Waals surface area contributed by atoms with E-state index in [1.807, 2.05) is 0 Å². The molecule has 0 aliphatic heterocycles. The fourth-order valence-electron chi connectivity index (χ4n) is 3.56. The third kappa shape index (κ3) is 4.22. The Morgan fingerprint density at radius 2 is 1.90 bits per heavy atom. The molecule has 0 saturated heterocycles. The molecule has 1 heterocycles. The number of methoxy groups -OCH3 is 1. The maximum Gasteiger partial charge on any atom is 0.354 e. The second-order valence-corrected chi connectivity index (χ2v) is 7.94. The van der Waals surface area contributed by atoms with Crippen LogP contribution in [0.15, 0.2) is 24.3 Å². The molecule has 0 unspecified atom stereocenters. The average molecular weight is 417 g/mol. The number of aromatic amines is 1. The van der Waals surface area contributed by atoms with Crippen molar-refractivity contribution in [3.8, 4) is 0 Å². The molecular formula is C22H25ClN2O4. The monoisotopic (exact) mass is 416 g/mol. The lowest BCUT2D eigenvalue weighted by atomic mass is 9.99. The maximum absolute atomic E-state index is 13.4. The van der Waals surface area contributed by atoms with Crippen molar-refractivity contribution in [3.63, 3.8) is 0 Å². The number of carbonyl (C=O) groups excluding carboxylic acids is 3. The van der Waals surface area contributed by atoms with Crippen LogP contribution in [0.5, 0.6) is 0 Å². The largest absolute Gasteiger partial charge is 0.464 e. The SMILES string of the molecule is COC(=O)c1[nH]c(C)c(C(=O)[C@@H](C)N(CC2CC2)C(=O)c2ccccc2Cl)c1C. The number of carbonyl (C=O) groups is 3. The summed E-state index contributed by atoms with van der Waals surface area (Å²) in [4.78, 5) is 43.1. The van der Waals surface area contributed by atoms with E-state index >= 15 is 0 Å². The van der Waals surface area contributed by atoms with E-state index in [1.54, 1.807) is 49.9 Å². The van der Waals surface area contributed by atoms with E-state index in [4.69, 9.17) is 16.3 Å². The molecular weight excluding hydrogens is 392 g/mol. The summed E-state index contributed by atoms with van der Waals surface area (Å²) in [6.07, 6.45) is 2.09. The minimum atomic E-state index is -0.696. The van der Waals surface area contributed by atoms with Gasteiger partial charge in [0.25, 0.3) is 5.91 Å². The first kappa shape index (κ1) is 21.1. The van der Waals surface area contributed by atoms with Crippen LogP contribution in [0.1, 0.15) is 62.2 Å². The second kappa shape index (κ2) is 8.41. The fourth-order valence-corrected chi connectivity index (χ4v) is 3.78. The molecule has 1 saturated carbocycles. The third-order valence-corrected chi connectivity index (χ3v) is 5.77. The first-order chi connectivity index (χ1) is 13.8. The van der Waals surface area contributed by atoms with Crippen molar-refractivity contribution >= 4 is 29.3 Å². The molecule has 1 amide bonds. The first-order valence-electron chi connectivity index (χ1n) is 9.63. The highest BCUT2D eigenvalue weighted by Gasteiger charge is 2.35. The number of benzene rings is 1. The second-order valence-electron chi connectivity index (χ2n) is 7.54. The maximum atomic E-state index is 13.4. The van der Waals surface area contributed by atoms with Gasteiger partial charge in [-0.25, -0.2) is 4.79 Å². The lowest BCUT2D eigenvalue weighted by Gasteiger charge is -2.29. The number of ether oxygens (including phenoxy) is 1. The number of halogens is 1. The van der Waals surface area contributed by atoms with Gasteiger partial charge in [-0.2, -0.15) is 0 Å². The Morgan fingerprint density at radius 1 is 1.24 bits per heavy atom. The average Bonchev–Trinajstić information content (AvgIpc) is 3.48. The Hall–Kier alpha value is -2.60. The molecule has 1 N–H and O–H groups in total. The van der Waals surface area contributed by atoms with E-state index in [2.05, 4.69) is 4.98 Å². The van der Waals surface area contributed by atoms with E-state index in [0.29, 0.717) is 39.9 Å². The summed E-state index contributed by atoms with van der Waals surface area (Å²) in [5.74, 6) is -0.607. The number of rotatable bonds is 7. The van der Waals surface area contributed by atoms with E-state index < -0.39 is 12.0 Å². The number of nitrogens with zero attached hydrogens (tertiary/aromatic N) is 1. The van der Waals surface area contributed by atoms with Crippen LogP contribution in [0.25, 0.3) is 0 Å². The highest BCUT2D eigenvalue weighted by atomic mass is 35.5. The minimum Gasteiger partial charge on any atom is -0.464 e. The van der Waals surface area contributed by atoms with Gasteiger partial charge in [0.2, 0.25) is 0 Å². The van der Waals surface area contributed by atoms with Gasteiger partial charge in [0.15, 0.2) is 5.78 Å². The van der Waals surface area contributed by atoms with Gasteiger partial charge in [0, 0.05) is 17.8 Å². The summed E-state index contributed by atoms with van der Waals surface area (Å²) < 4.78 is 4.78. The molecule has 6 nitrogen and oxygen atoms in total. The van der Waals surface area contributed by atoms with Gasteiger partial charge in [-0.1, -0.05) is 23.7 Å². The Labute approximate surface area is 175 Å². The summed E-state index contributed by atoms with van der Waals surface area (Å²) in [7, 11) is 1.29. The van der Waals surface area contributed by atoms with Gasteiger partial charge in [-0.15, -0.1) is 0 Å². The van der Waals surface area contributed by atoms with Crippen molar-refractivity contribution in [1.29, 1.82) is 0 Å². The molecule has 0 bridgehead atoms. The number of hydrogen-bond acceptors (Lipinski definition) is 4. The van der Waals surface area contributed by atoms with Crippen molar-refractivity contribution in [2.75, 3.05) is 13.7 Å². The van der Waals surface area contributed by atoms with Gasteiger partial charge in [0.05, 0.1) is 23.7 Å². The Balaban J connectivity index is 1.94. The predicted octanol–water partition coefficient (Wildman–Crippen LogP) is 4.20. The molecule has 1 aliphatic rings. The predicted molar refractivity (Wildman–Crippen MR) is 111 cm³/mol. The highest BCUT2D eigenvalue weighted by Crippen LogP contribution is 2.32. The number of nitrogens with one attached hydrogen (secondary N) is 1. The number of Topliss-reactive ketones (excluding diaryl/α,β-unsaturated/α-hetero) is 1. The lowest BCUT2D eigenvalue weighted by molar-refractivity contribution is 0.0592. The lowest BCUT2D eigenvalue weighted by Crippen LogP contribution is -2.44. The van der Waals surface area contributed by atoms with Crippen LogP contribution in [-0.4, -0.2) is 47.2 Å². The Bertz CT molecular complexity index is 962. The van der Waals surface area contributed by atoms with Gasteiger partial charge in [-0.3, -0.25) is 9.59 Å². The molecule has 3 rings (SSSR count). The molecule has 0 spiro atoms. The summed E-state index contributed by atoms with van der Waals surface area (Å²) in [6, 6.07) is 6.16. The molecule has 1 aromatic heterocycles. The smallest absolute Gasteiger partial charge is 0.354 e. The van der Waals surface area contributed by atoms with Crippen LogP contribution >= 0.6 is 11.6 Å². The zero-order chi connectivity index (χ0) is 21.3. The third-order valence-electron chi connectivity index (χ3n) is 5.44. The van der Waals surface area contributed by atoms with Crippen LogP contribution < -0.4 is 0 Å². The quantitative estimate of drug-likeness (QED) is 0.542. The van der Waals surface area contributed by atoms with Gasteiger partial charge in [-0.05, 0) is 57.2 Å². The molecule has 1 aromatic carbocycles. The standard InChI is InChI=1S/C22H25ClN2O4/c1-12-18(13(2)24-19(12)22(28)29-4)20(26)14(3)25(11-15-9-10-15)21(27)16-7-5-6-8-17(16)23/h5-8,14-15,24H,9-11H2,1-4H3/t14-/m1/s1. The topological polar surface area (TPSA) is 79.5 Å². The van der Waals surface area contributed by atoms with E-state index in [9.17, 15) is 14.4 Å². The Kier molecular flexibility index (Phi) is 6.13. The molecule has 1 fully saturated rings. The molecule has 29 heavy (non-hydrogen) atoms. The van der Waals surface area contributed by atoms with Crippen molar-refractivity contribution in [2.24, 2.45) is 5.92 Å². The zero-order valence-electron chi connectivity index (χ0n) is 17.0. The van der Waals surface area contributed by atoms with Gasteiger partial charge < -0.3 is 14.6 Å². The number of hydrogen-bond donors (Lipinski definition) is 1.